The number of amides is 1. The number of hydrogen-bond donors (Lipinski definition) is 1. The number of benzene rings is 3. The molecule has 1 N–H and O–H groups in total. The number of hydrogen-bond acceptors (Lipinski definition) is 8. The van der Waals surface area contributed by atoms with Crippen LogP contribution >= 0.6 is 11.3 Å². The molecule has 2 aliphatic rings. The van der Waals surface area contributed by atoms with Crippen molar-refractivity contribution in [3.05, 3.63) is 82.9 Å². The van der Waals surface area contributed by atoms with E-state index in [1.807, 2.05) is 49.4 Å². The normalized spacial score (nSPS) is 19.4. The average Bonchev–Trinajstić information content (AvgIpc) is 3.64. The molecule has 0 aliphatic carbocycles. The van der Waals surface area contributed by atoms with E-state index < -0.39 is 17.7 Å². The second-order valence-corrected chi connectivity index (χ2v) is 12.1. The van der Waals surface area contributed by atoms with Gasteiger partial charge in [-0.3, -0.25) is 14.5 Å². The van der Waals surface area contributed by atoms with Crippen molar-refractivity contribution in [3.63, 3.8) is 0 Å². The van der Waals surface area contributed by atoms with E-state index in [0.717, 1.165) is 22.4 Å². The van der Waals surface area contributed by atoms with Gasteiger partial charge in [-0.25, -0.2) is 4.98 Å². The molecule has 0 spiro atoms. The number of nitrogens with zero attached hydrogens (tertiary/aromatic N) is 2. The first kappa shape index (κ1) is 27.8. The number of rotatable bonds is 8. The smallest absolute Gasteiger partial charge is 0.301 e. The van der Waals surface area contributed by atoms with Crippen molar-refractivity contribution in [3.8, 4) is 17.2 Å². The Morgan fingerprint density at radius 1 is 1.12 bits per heavy atom. The number of Topliss-reactive ketones (excluding diaryl/α,β-unsaturated/α-hetero) is 1. The van der Waals surface area contributed by atoms with Crippen LogP contribution in [0.1, 0.15) is 49.9 Å². The first-order chi connectivity index (χ1) is 20.2. The van der Waals surface area contributed by atoms with Crippen LogP contribution < -0.4 is 19.1 Å². The molecule has 1 amide bonds. The van der Waals surface area contributed by atoms with Crippen LogP contribution in [0.4, 0.5) is 5.13 Å². The third kappa shape index (κ3) is 5.09. The standard InChI is InChI=1S/C33H32N2O6S/c1-18(2)12-13-40-24-7-5-6-20(16-24)29-28(30(36)21-8-11-26-22(15-21)14-19(3)41-26)31(37)32(38)35(29)33-34-25-10-9-23(39-4)17-27(25)42-33/h5-11,15-19,29,36H,12-14H2,1-4H3. The largest absolute Gasteiger partial charge is 0.507 e. The zero-order valence-corrected chi connectivity index (χ0v) is 24.7. The highest BCUT2D eigenvalue weighted by Crippen LogP contribution is 2.45. The molecule has 216 valence electrons. The number of methoxy groups -OCH3 is 1. The van der Waals surface area contributed by atoms with E-state index >= 15 is 0 Å². The number of carbonyl (C=O) groups is 2. The molecule has 9 heteroatoms. The van der Waals surface area contributed by atoms with Crippen molar-refractivity contribution in [2.75, 3.05) is 18.6 Å². The molecule has 2 unspecified atom stereocenters. The first-order valence-corrected chi connectivity index (χ1v) is 14.8. The van der Waals surface area contributed by atoms with E-state index in [-0.39, 0.29) is 17.4 Å². The highest BCUT2D eigenvalue weighted by atomic mass is 32.1. The van der Waals surface area contributed by atoms with Gasteiger partial charge in [0.1, 0.15) is 29.1 Å². The molecule has 2 atom stereocenters. The maximum absolute atomic E-state index is 13.7. The molecule has 6 rings (SSSR count). The molecule has 8 nitrogen and oxygen atoms in total. The summed E-state index contributed by atoms with van der Waals surface area (Å²) >= 11 is 1.29. The number of ether oxygens (including phenoxy) is 3. The SMILES string of the molecule is COc1ccc2nc(N3C(=O)C(=O)C(=C(O)c4ccc5c(c4)CC(C)O5)C3c3cccc(OCCC(C)C)c3)sc2c1. The van der Waals surface area contributed by atoms with Gasteiger partial charge in [0.15, 0.2) is 5.13 Å². The summed E-state index contributed by atoms with van der Waals surface area (Å²) in [6.07, 6.45) is 1.61. The van der Waals surface area contributed by atoms with Crippen LogP contribution in [0.3, 0.4) is 0 Å². The molecule has 3 aromatic carbocycles. The Labute approximate surface area is 248 Å². The van der Waals surface area contributed by atoms with Gasteiger partial charge in [0.05, 0.1) is 35.5 Å². The summed E-state index contributed by atoms with van der Waals surface area (Å²) in [5.74, 6) is 0.763. The van der Waals surface area contributed by atoms with Crippen LogP contribution in [0.25, 0.3) is 16.0 Å². The minimum atomic E-state index is -0.912. The van der Waals surface area contributed by atoms with E-state index in [2.05, 4.69) is 13.8 Å². The number of aliphatic hydroxyl groups is 1. The quantitative estimate of drug-likeness (QED) is 0.140. The second kappa shape index (κ2) is 11.1. The Hall–Kier alpha value is -4.37. The molecule has 1 fully saturated rings. The predicted octanol–water partition coefficient (Wildman–Crippen LogP) is 6.68. The molecule has 0 saturated carbocycles. The number of thiazole rings is 1. The molecule has 4 aromatic rings. The third-order valence-corrected chi connectivity index (χ3v) is 8.56. The number of fused-ring (bicyclic) bond motifs is 2. The fourth-order valence-electron chi connectivity index (χ4n) is 5.38. The van der Waals surface area contributed by atoms with Crippen molar-refractivity contribution in [2.24, 2.45) is 5.92 Å². The van der Waals surface area contributed by atoms with Crippen LogP contribution in [-0.2, 0) is 16.0 Å². The van der Waals surface area contributed by atoms with Gasteiger partial charge in [-0.15, -0.1) is 0 Å². The molecule has 1 aromatic heterocycles. The topological polar surface area (TPSA) is 98.2 Å². The monoisotopic (exact) mass is 584 g/mol. The van der Waals surface area contributed by atoms with Crippen molar-refractivity contribution in [1.82, 2.24) is 4.98 Å². The van der Waals surface area contributed by atoms with E-state index in [4.69, 9.17) is 19.2 Å². The zero-order valence-electron chi connectivity index (χ0n) is 23.9. The minimum Gasteiger partial charge on any atom is -0.507 e. The highest BCUT2D eigenvalue weighted by molar-refractivity contribution is 7.22. The summed E-state index contributed by atoms with van der Waals surface area (Å²) in [7, 11) is 1.59. The van der Waals surface area contributed by atoms with Crippen molar-refractivity contribution < 1.29 is 28.9 Å². The summed E-state index contributed by atoms with van der Waals surface area (Å²) in [5, 5.41) is 12.0. The second-order valence-electron chi connectivity index (χ2n) is 11.1. The van der Waals surface area contributed by atoms with Gasteiger partial charge in [-0.05, 0) is 78.9 Å². The molecule has 42 heavy (non-hydrogen) atoms. The van der Waals surface area contributed by atoms with Gasteiger partial charge < -0.3 is 19.3 Å². The fraction of sp³-hybridized carbons (Fsp3) is 0.303. The molecular weight excluding hydrogens is 552 g/mol. The summed E-state index contributed by atoms with van der Waals surface area (Å²) < 4.78 is 18.0. The molecule has 0 bridgehead atoms. The summed E-state index contributed by atoms with van der Waals surface area (Å²) in [5.41, 5.74) is 2.71. The van der Waals surface area contributed by atoms with E-state index in [1.165, 1.54) is 16.2 Å². The maximum Gasteiger partial charge on any atom is 0.301 e. The first-order valence-electron chi connectivity index (χ1n) is 14.0. The van der Waals surface area contributed by atoms with Crippen LogP contribution in [0, 0.1) is 5.92 Å². The van der Waals surface area contributed by atoms with Gasteiger partial charge in [-0.1, -0.05) is 37.3 Å². The lowest BCUT2D eigenvalue weighted by atomic mass is 9.94. The van der Waals surface area contributed by atoms with E-state index in [0.29, 0.717) is 52.2 Å². The van der Waals surface area contributed by atoms with Crippen molar-refractivity contribution >= 4 is 44.1 Å². The van der Waals surface area contributed by atoms with Crippen LogP contribution in [0.2, 0.25) is 0 Å². The number of aliphatic hydroxyl groups excluding tert-OH is 1. The van der Waals surface area contributed by atoms with Crippen molar-refractivity contribution in [2.45, 2.75) is 45.8 Å². The van der Waals surface area contributed by atoms with Gasteiger partial charge in [0.2, 0.25) is 0 Å². The Bertz CT molecular complexity index is 1720. The third-order valence-electron chi connectivity index (χ3n) is 7.54. The summed E-state index contributed by atoms with van der Waals surface area (Å²) in [6.45, 7) is 6.78. The van der Waals surface area contributed by atoms with Crippen LogP contribution in [0.15, 0.2) is 66.2 Å². The summed E-state index contributed by atoms with van der Waals surface area (Å²) in [4.78, 5) is 33.5. The van der Waals surface area contributed by atoms with Gasteiger partial charge in [0.25, 0.3) is 5.78 Å². The zero-order chi connectivity index (χ0) is 29.5. The molecule has 0 radical (unpaired) electrons. The molecule has 3 heterocycles. The average molecular weight is 585 g/mol. The van der Waals surface area contributed by atoms with Gasteiger partial charge in [-0.2, -0.15) is 0 Å². The fourth-order valence-corrected chi connectivity index (χ4v) is 6.40. The number of carbonyl (C=O) groups excluding carboxylic acids is 2. The maximum atomic E-state index is 13.7. The Kier molecular flexibility index (Phi) is 7.36. The predicted molar refractivity (Wildman–Crippen MR) is 163 cm³/mol. The molecule has 1 saturated heterocycles. The minimum absolute atomic E-state index is 0.00285. The van der Waals surface area contributed by atoms with Gasteiger partial charge >= 0.3 is 5.91 Å². The highest BCUT2D eigenvalue weighted by Gasteiger charge is 2.48. The summed E-state index contributed by atoms with van der Waals surface area (Å²) in [6, 6.07) is 17.2. The number of ketones is 1. The molecular formula is C33H32N2O6S. The number of anilines is 1. The lowest BCUT2D eigenvalue weighted by molar-refractivity contribution is -0.132. The van der Waals surface area contributed by atoms with E-state index in [1.54, 1.807) is 25.3 Å². The lowest BCUT2D eigenvalue weighted by Crippen LogP contribution is -2.29. The van der Waals surface area contributed by atoms with Gasteiger partial charge in [0, 0.05) is 12.0 Å². The van der Waals surface area contributed by atoms with Crippen LogP contribution in [0.5, 0.6) is 17.2 Å². The van der Waals surface area contributed by atoms with Crippen molar-refractivity contribution in [1.29, 1.82) is 0 Å². The Morgan fingerprint density at radius 3 is 2.74 bits per heavy atom. The van der Waals surface area contributed by atoms with E-state index in [9.17, 15) is 14.7 Å². The Balaban J connectivity index is 1.48. The number of aromatic nitrogens is 1. The lowest BCUT2D eigenvalue weighted by Gasteiger charge is -2.23. The molecule has 2 aliphatic heterocycles. The Morgan fingerprint density at radius 2 is 1.95 bits per heavy atom. The van der Waals surface area contributed by atoms with Crippen LogP contribution in [-0.4, -0.2) is 41.6 Å².